The van der Waals surface area contributed by atoms with E-state index in [0.717, 1.165) is 0 Å². The first-order chi connectivity index (χ1) is 43.2. The zero-order valence-corrected chi connectivity index (χ0v) is 52.9. The molecular formula is C58H108O31. The quantitative estimate of drug-likeness (QED) is 0.0282. The Labute approximate surface area is 521 Å². The molecule has 6 saturated heterocycles. The van der Waals surface area contributed by atoms with Gasteiger partial charge in [-0.25, -0.2) is 0 Å². The van der Waals surface area contributed by atoms with Crippen molar-refractivity contribution >= 4 is 0 Å². The van der Waals surface area contributed by atoms with Gasteiger partial charge in [-0.2, -0.15) is 0 Å². The second-order valence-electron chi connectivity index (χ2n) is 23.4. The molecule has 6 aliphatic heterocycles. The molecule has 30 atom stereocenters. The van der Waals surface area contributed by atoms with E-state index in [9.17, 15) is 66.4 Å². The van der Waals surface area contributed by atoms with Crippen LogP contribution in [0.2, 0.25) is 0 Å². The van der Waals surface area contributed by atoms with Crippen molar-refractivity contribution in [3.63, 3.8) is 0 Å². The van der Waals surface area contributed by atoms with Crippen LogP contribution in [-0.4, -0.2) is 347 Å². The molecule has 6 rings (SSSR count). The van der Waals surface area contributed by atoms with Crippen LogP contribution in [0.3, 0.4) is 0 Å². The molecule has 6 aliphatic rings. The number of aliphatic hydroxyl groups excluding tert-OH is 13. The number of aliphatic hydroxyl groups is 13. The molecule has 0 aromatic carbocycles. The van der Waals surface area contributed by atoms with Crippen LogP contribution in [0.4, 0.5) is 0 Å². The van der Waals surface area contributed by atoms with Crippen LogP contribution in [0.5, 0.6) is 0 Å². The van der Waals surface area contributed by atoms with Crippen molar-refractivity contribution in [2.24, 2.45) is 71.0 Å². The SMILES string of the molecule is CCC1O[C@H](O[C@@H]2C(OC)[C@@H](OC3C(OC)OC(CCO)[C@@H](CO)[C@@H]3CO)OC(COC)[C@H]2CO)C(OC)[C@@H](CO)[C@@H]1CO.COCC1O[C@H](O[C@@H]2C(COC)O[C@H](O[C@@H]3C(COC)OC(OC)C(CO)[C@H]3CO)C(CO)[C@H]2CO)C(CO)[C@@H](CO)[C@@H]1CO. The molecule has 14 unspecified atom stereocenters. The van der Waals surface area contributed by atoms with Gasteiger partial charge in [-0.05, 0) is 18.8 Å². The number of rotatable bonds is 35. The van der Waals surface area contributed by atoms with Gasteiger partial charge < -0.3 is 152 Å². The van der Waals surface area contributed by atoms with Crippen LogP contribution in [0.1, 0.15) is 19.8 Å². The average Bonchev–Trinajstić information content (AvgIpc) is 0.995. The first-order valence-corrected chi connectivity index (χ1v) is 30.7. The van der Waals surface area contributed by atoms with Crippen LogP contribution in [0.25, 0.3) is 0 Å². The lowest BCUT2D eigenvalue weighted by molar-refractivity contribution is -0.378. The molecule has 0 aromatic rings. The second-order valence-corrected chi connectivity index (χ2v) is 23.4. The van der Waals surface area contributed by atoms with Crippen LogP contribution < -0.4 is 0 Å². The summed E-state index contributed by atoms with van der Waals surface area (Å²) in [4.78, 5) is 0. The Morgan fingerprint density at radius 1 is 0.247 bits per heavy atom. The summed E-state index contributed by atoms with van der Waals surface area (Å²) in [5, 5.41) is 133. The lowest BCUT2D eigenvalue weighted by Gasteiger charge is -2.51. The molecular weight excluding hydrogens is 1190 g/mol. The van der Waals surface area contributed by atoms with Crippen molar-refractivity contribution in [3.8, 4) is 0 Å². The topological polar surface area (TPSA) is 429 Å². The van der Waals surface area contributed by atoms with Crippen molar-refractivity contribution in [2.75, 3.05) is 169 Å². The van der Waals surface area contributed by atoms with E-state index in [-0.39, 0.29) is 105 Å². The van der Waals surface area contributed by atoms with Crippen LogP contribution in [-0.2, 0) is 85.3 Å². The van der Waals surface area contributed by atoms with Crippen molar-refractivity contribution in [3.05, 3.63) is 0 Å². The summed E-state index contributed by atoms with van der Waals surface area (Å²) in [6.07, 6.45) is -14.8. The smallest absolute Gasteiger partial charge is 0.187 e. The molecule has 6 fully saturated rings. The molecule has 0 aliphatic carbocycles. The Bertz CT molecular complexity index is 1860. The van der Waals surface area contributed by atoms with Crippen LogP contribution in [0, 0.1) is 71.0 Å². The van der Waals surface area contributed by atoms with E-state index in [2.05, 4.69) is 0 Å². The first kappa shape index (κ1) is 78.5. The molecule has 31 nitrogen and oxygen atoms in total. The number of hydrogen-bond acceptors (Lipinski definition) is 31. The highest BCUT2D eigenvalue weighted by Crippen LogP contribution is 2.45. The highest BCUT2D eigenvalue weighted by atomic mass is 16.8. The maximum absolute atomic E-state index is 10.7. The van der Waals surface area contributed by atoms with E-state index < -0.39 is 196 Å². The Morgan fingerprint density at radius 3 is 0.989 bits per heavy atom. The van der Waals surface area contributed by atoms with Crippen LogP contribution in [0.15, 0.2) is 0 Å². The fraction of sp³-hybridized carbons (Fsp3) is 1.00. The zero-order chi connectivity index (χ0) is 65.5. The van der Waals surface area contributed by atoms with Gasteiger partial charge in [-0.3, -0.25) is 0 Å². The molecule has 0 radical (unpaired) electrons. The highest BCUT2D eigenvalue weighted by Gasteiger charge is 2.57. The Kier molecular flexibility index (Phi) is 35.6. The minimum Gasteiger partial charge on any atom is -0.396 e. The minimum atomic E-state index is -1.15. The summed E-state index contributed by atoms with van der Waals surface area (Å²) in [5.74, 6) is -7.57. The summed E-state index contributed by atoms with van der Waals surface area (Å²) in [6.45, 7) is -2.35. The molecule has 89 heavy (non-hydrogen) atoms. The minimum absolute atomic E-state index is 0.0169. The highest BCUT2D eigenvalue weighted by molar-refractivity contribution is 4.99. The monoisotopic (exact) mass is 1300 g/mol. The predicted octanol–water partition coefficient (Wildman–Crippen LogP) is -5.13. The van der Waals surface area contributed by atoms with Gasteiger partial charge in [0.05, 0.1) is 95.6 Å². The summed E-state index contributed by atoms with van der Waals surface area (Å²) in [7, 11) is 11.7. The molecule has 0 spiro atoms. The third kappa shape index (κ3) is 18.5. The molecule has 0 amide bonds. The Hall–Kier alpha value is -1.24. The van der Waals surface area contributed by atoms with Crippen molar-refractivity contribution in [1.29, 1.82) is 0 Å². The predicted molar refractivity (Wildman–Crippen MR) is 303 cm³/mol. The molecule has 6 heterocycles. The summed E-state index contributed by atoms with van der Waals surface area (Å²) in [5.41, 5.74) is 0. The molecule has 31 heteroatoms. The fourth-order valence-corrected chi connectivity index (χ4v) is 14.1. The third-order valence-corrected chi connectivity index (χ3v) is 18.9. The van der Waals surface area contributed by atoms with Crippen LogP contribution >= 0.6 is 0 Å². The molecule has 0 saturated carbocycles. The number of hydrogen-bond donors (Lipinski definition) is 13. The van der Waals surface area contributed by atoms with Gasteiger partial charge in [0.25, 0.3) is 0 Å². The first-order valence-electron chi connectivity index (χ1n) is 30.7. The lowest BCUT2D eigenvalue weighted by Crippen LogP contribution is -2.64. The maximum Gasteiger partial charge on any atom is 0.187 e. The largest absolute Gasteiger partial charge is 0.396 e. The van der Waals surface area contributed by atoms with Crippen molar-refractivity contribution in [2.45, 2.75) is 131 Å². The third-order valence-electron chi connectivity index (χ3n) is 18.9. The van der Waals surface area contributed by atoms with E-state index in [1.807, 2.05) is 6.92 Å². The Morgan fingerprint density at radius 2 is 0.562 bits per heavy atom. The summed E-state index contributed by atoms with van der Waals surface area (Å²) < 4.78 is 107. The average molecular weight is 1300 g/mol. The van der Waals surface area contributed by atoms with Gasteiger partial charge >= 0.3 is 0 Å². The van der Waals surface area contributed by atoms with E-state index in [1.54, 1.807) is 0 Å². The summed E-state index contributed by atoms with van der Waals surface area (Å²) in [6, 6.07) is 0. The van der Waals surface area contributed by atoms with Gasteiger partial charge in [0.15, 0.2) is 37.7 Å². The van der Waals surface area contributed by atoms with E-state index in [0.29, 0.717) is 6.42 Å². The fourth-order valence-electron chi connectivity index (χ4n) is 14.1. The molecule has 13 N–H and O–H groups in total. The van der Waals surface area contributed by atoms with E-state index in [4.69, 9.17) is 85.3 Å². The van der Waals surface area contributed by atoms with E-state index >= 15 is 0 Å². The zero-order valence-electron chi connectivity index (χ0n) is 52.9. The van der Waals surface area contributed by atoms with Crippen molar-refractivity contribution in [1.82, 2.24) is 0 Å². The molecule has 0 bridgehead atoms. The van der Waals surface area contributed by atoms with Gasteiger partial charge in [0.1, 0.15) is 30.5 Å². The standard InChI is InChI=1S/C29H54O16.C29H54O15/c1-37-12-22-16(6-31)15(5-30)19(9-34)28(41-22)44-26-18(8-33)21(11-36)29(43-24(26)14-39-3)45-25-17(7-32)20(10-35)27(40-4)42-23(25)13-38-2;1-6-20-15(9-31)17(11-33)24(37-3)28(40-20)43-23-19(13-35)22(14-36-2)42-29(26(23)38-4)44-25-18(12-34)16(10-32)21(7-8-30)41-27(25)39-5/h15-36H,5-14H2,1-4H3;15-35H,6-14H2,1-5H3/t15-,16-,17+,18+,19?,20?,21?,22?,23?,24?,25-,26-,27?,28+,29+;15-,16-,17-,18-,19+,20?,21?,22?,23-,24?,25?,26?,27?,28+,29+/m00/s1. The maximum atomic E-state index is 10.7. The molecule has 0 aromatic heterocycles. The second kappa shape index (κ2) is 40.3. The molecule has 526 valence electrons. The number of ether oxygens (including phenoxy) is 18. The van der Waals surface area contributed by atoms with Gasteiger partial charge in [0.2, 0.25) is 0 Å². The normalized spacial score (nSPS) is 42.9. The Balaban J connectivity index is 0.000000324. The lowest BCUT2D eigenvalue weighted by atomic mass is 9.76. The van der Waals surface area contributed by atoms with Gasteiger partial charge in [0, 0.05) is 181 Å². The van der Waals surface area contributed by atoms with Gasteiger partial charge in [-0.15, -0.1) is 0 Å². The van der Waals surface area contributed by atoms with Gasteiger partial charge in [-0.1, -0.05) is 6.92 Å². The summed E-state index contributed by atoms with van der Waals surface area (Å²) >= 11 is 0. The van der Waals surface area contributed by atoms with E-state index in [1.165, 1.54) is 56.9 Å². The van der Waals surface area contributed by atoms with Crippen molar-refractivity contribution < 1.29 is 152 Å². The number of methoxy groups -OCH3 is 8.